The molecule has 0 aliphatic carbocycles. The maximum absolute atomic E-state index is 12.8. The van der Waals surface area contributed by atoms with Gasteiger partial charge in [0.1, 0.15) is 12.4 Å². The number of benzene rings is 1. The SMILES string of the molecule is C/C=C\COc1cccc(N(CC2CCOC2)CC(O)C(F)(F)F)c1. The monoisotopic (exact) mass is 359 g/mol. The largest absolute Gasteiger partial charge is 0.489 e. The number of rotatable bonds is 8. The van der Waals surface area contributed by atoms with E-state index in [1.807, 2.05) is 19.1 Å². The van der Waals surface area contributed by atoms with E-state index in [-0.39, 0.29) is 5.92 Å². The number of aliphatic hydroxyl groups excluding tert-OH is 1. The van der Waals surface area contributed by atoms with E-state index in [1.54, 1.807) is 29.2 Å². The highest BCUT2D eigenvalue weighted by Crippen LogP contribution is 2.27. The molecule has 140 valence electrons. The van der Waals surface area contributed by atoms with Gasteiger partial charge in [-0.2, -0.15) is 13.2 Å². The van der Waals surface area contributed by atoms with Crippen LogP contribution in [0.25, 0.3) is 0 Å². The quantitative estimate of drug-likeness (QED) is 0.723. The zero-order valence-electron chi connectivity index (χ0n) is 14.2. The molecule has 1 aromatic carbocycles. The number of halogens is 3. The molecule has 0 radical (unpaired) electrons. The third-order valence-electron chi connectivity index (χ3n) is 4.04. The molecule has 0 saturated carbocycles. The number of anilines is 1. The predicted molar refractivity (Wildman–Crippen MR) is 90.0 cm³/mol. The summed E-state index contributed by atoms with van der Waals surface area (Å²) in [4.78, 5) is 1.56. The smallest absolute Gasteiger partial charge is 0.416 e. The average molecular weight is 359 g/mol. The highest BCUT2D eigenvalue weighted by atomic mass is 19.4. The highest BCUT2D eigenvalue weighted by molar-refractivity contribution is 5.51. The summed E-state index contributed by atoms with van der Waals surface area (Å²) in [5, 5.41) is 9.50. The Balaban J connectivity index is 2.13. The Morgan fingerprint density at radius 3 is 2.88 bits per heavy atom. The number of aliphatic hydroxyl groups is 1. The molecule has 1 N–H and O–H groups in total. The molecule has 1 aliphatic rings. The number of allylic oxidation sites excluding steroid dienone is 1. The van der Waals surface area contributed by atoms with Crippen LogP contribution in [0.1, 0.15) is 13.3 Å². The molecule has 2 atom stereocenters. The van der Waals surface area contributed by atoms with Gasteiger partial charge >= 0.3 is 6.18 Å². The van der Waals surface area contributed by atoms with E-state index in [4.69, 9.17) is 9.47 Å². The second kappa shape index (κ2) is 9.10. The molecule has 0 amide bonds. The van der Waals surface area contributed by atoms with Gasteiger partial charge in [0.2, 0.25) is 0 Å². The summed E-state index contributed by atoms with van der Waals surface area (Å²) >= 11 is 0. The molecule has 1 fully saturated rings. The van der Waals surface area contributed by atoms with Crippen LogP contribution in [0.3, 0.4) is 0 Å². The number of ether oxygens (including phenoxy) is 2. The van der Waals surface area contributed by atoms with E-state index in [0.717, 1.165) is 6.42 Å². The third-order valence-corrected chi connectivity index (χ3v) is 4.04. The van der Waals surface area contributed by atoms with Gasteiger partial charge in [0.25, 0.3) is 0 Å². The van der Waals surface area contributed by atoms with Crippen molar-refractivity contribution in [1.29, 1.82) is 0 Å². The summed E-state index contributed by atoms with van der Waals surface area (Å²) < 4.78 is 49.2. The van der Waals surface area contributed by atoms with Crippen LogP contribution in [0, 0.1) is 5.92 Å². The summed E-state index contributed by atoms with van der Waals surface area (Å²) in [5.41, 5.74) is 0.591. The molecular weight excluding hydrogens is 335 g/mol. The lowest BCUT2D eigenvalue weighted by Gasteiger charge is -2.30. The Hall–Kier alpha value is -1.73. The fourth-order valence-electron chi connectivity index (χ4n) is 2.65. The molecular formula is C18H24F3NO3. The summed E-state index contributed by atoms with van der Waals surface area (Å²) in [6.45, 7) is 3.29. The van der Waals surface area contributed by atoms with Gasteiger partial charge in [0.15, 0.2) is 6.10 Å². The molecule has 2 rings (SSSR count). The molecule has 7 heteroatoms. The van der Waals surface area contributed by atoms with E-state index in [2.05, 4.69) is 0 Å². The van der Waals surface area contributed by atoms with Crippen LogP contribution >= 0.6 is 0 Å². The van der Waals surface area contributed by atoms with Crippen LogP contribution in [-0.2, 0) is 4.74 Å². The van der Waals surface area contributed by atoms with Gasteiger partial charge in [-0.1, -0.05) is 18.2 Å². The fourth-order valence-corrected chi connectivity index (χ4v) is 2.65. The van der Waals surface area contributed by atoms with Crippen molar-refractivity contribution in [3.63, 3.8) is 0 Å². The molecule has 0 bridgehead atoms. The summed E-state index contributed by atoms with van der Waals surface area (Å²) in [7, 11) is 0. The lowest BCUT2D eigenvalue weighted by atomic mass is 10.1. The Morgan fingerprint density at radius 2 is 2.24 bits per heavy atom. The van der Waals surface area contributed by atoms with Gasteiger partial charge in [0, 0.05) is 30.8 Å². The Morgan fingerprint density at radius 1 is 1.44 bits per heavy atom. The van der Waals surface area contributed by atoms with Crippen molar-refractivity contribution in [2.24, 2.45) is 5.92 Å². The third kappa shape index (κ3) is 6.25. The van der Waals surface area contributed by atoms with Crippen molar-refractivity contribution in [1.82, 2.24) is 0 Å². The topological polar surface area (TPSA) is 41.9 Å². The number of nitrogens with zero attached hydrogens (tertiary/aromatic N) is 1. The first-order valence-electron chi connectivity index (χ1n) is 8.31. The van der Waals surface area contributed by atoms with Gasteiger partial charge in [-0.05, 0) is 25.5 Å². The molecule has 4 nitrogen and oxygen atoms in total. The summed E-state index contributed by atoms with van der Waals surface area (Å²) in [6, 6.07) is 6.91. The van der Waals surface area contributed by atoms with Crippen molar-refractivity contribution in [3.05, 3.63) is 36.4 Å². The minimum absolute atomic E-state index is 0.146. The zero-order chi connectivity index (χ0) is 18.3. The maximum Gasteiger partial charge on any atom is 0.416 e. The van der Waals surface area contributed by atoms with Gasteiger partial charge in [-0.15, -0.1) is 0 Å². The van der Waals surface area contributed by atoms with E-state index < -0.39 is 18.8 Å². The van der Waals surface area contributed by atoms with Crippen molar-refractivity contribution >= 4 is 5.69 Å². The molecule has 1 saturated heterocycles. The number of alkyl halides is 3. The molecule has 2 unspecified atom stereocenters. The minimum atomic E-state index is -4.65. The lowest BCUT2D eigenvalue weighted by molar-refractivity contribution is -0.200. The average Bonchev–Trinajstić information content (AvgIpc) is 3.07. The standard InChI is InChI=1S/C18H24F3NO3/c1-2-3-8-25-16-6-4-5-15(10-16)22(11-14-7-9-24-13-14)12-17(23)18(19,20)21/h2-6,10,14,17,23H,7-9,11-13H2,1H3/b3-2-. The molecule has 0 spiro atoms. The van der Waals surface area contributed by atoms with Crippen LogP contribution in [-0.4, -0.2) is 50.3 Å². The van der Waals surface area contributed by atoms with Crippen molar-refractivity contribution in [3.8, 4) is 5.75 Å². The summed E-state index contributed by atoms with van der Waals surface area (Å²) in [5.74, 6) is 0.720. The first-order chi connectivity index (χ1) is 11.9. The van der Waals surface area contributed by atoms with Crippen LogP contribution in [0.15, 0.2) is 36.4 Å². The van der Waals surface area contributed by atoms with E-state index >= 15 is 0 Å². The van der Waals surface area contributed by atoms with Crippen molar-refractivity contribution in [2.45, 2.75) is 25.6 Å². The highest BCUT2D eigenvalue weighted by Gasteiger charge is 2.39. The Labute approximate surface area is 145 Å². The molecule has 1 heterocycles. The van der Waals surface area contributed by atoms with Gasteiger partial charge in [0.05, 0.1) is 13.2 Å². The van der Waals surface area contributed by atoms with Gasteiger partial charge in [-0.25, -0.2) is 0 Å². The first-order valence-corrected chi connectivity index (χ1v) is 8.31. The second-order valence-electron chi connectivity index (χ2n) is 6.07. The number of hydrogen-bond acceptors (Lipinski definition) is 4. The normalized spacial score (nSPS) is 19.3. The van der Waals surface area contributed by atoms with E-state index in [1.165, 1.54) is 0 Å². The minimum Gasteiger partial charge on any atom is -0.489 e. The van der Waals surface area contributed by atoms with E-state index in [9.17, 15) is 18.3 Å². The van der Waals surface area contributed by atoms with Crippen LogP contribution < -0.4 is 9.64 Å². The summed E-state index contributed by atoms with van der Waals surface area (Å²) in [6.07, 6.45) is -2.55. The van der Waals surface area contributed by atoms with Gasteiger partial charge < -0.3 is 19.5 Å². The fraction of sp³-hybridized carbons (Fsp3) is 0.556. The van der Waals surface area contributed by atoms with Crippen molar-refractivity contribution < 1.29 is 27.8 Å². The lowest BCUT2D eigenvalue weighted by Crippen LogP contribution is -2.43. The molecule has 1 aliphatic heterocycles. The maximum atomic E-state index is 12.8. The van der Waals surface area contributed by atoms with Crippen LogP contribution in [0.2, 0.25) is 0 Å². The van der Waals surface area contributed by atoms with Crippen LogP contribution in [0.5, 0.6) is 5.75 Å². The number of hydrogen-bond donors (Lipinski definition) is 1. The second-order valence-corrected chi connectivity index (χ2v) is 6.07. The Kier molecular flexibility index (Phi) is 7.13. The molecule has 1 aromatic rings. The van der Waals surface area contributed by atoms with Gasteiger partial charge in [-0.3, -0.25) is 0 Å². The zero-order valence-corrected chi connectivity index (χ0v) is 14.2. The predicted octanol–water partition coefficient (Wildman–Crippen LogP) is 3.41. The molecule has 0 aromatic heterocycles. The van der Waals surface area contributed by atoms with E-state index in [0.29, 0.717) is 37.8 Å². The van der Waals surface area contributed by atoms with Crippen LogP contribution in [0.4, 0.5) is 18.9 Å². The van der Waals surface area contributed by atoms with Crippen molar-refractivity contribution in [2.75, 3.05) is 37.8 Å². The Bertz CT molecular complexity index is 557. The first kappa shape index (κ1) is 19.6. The molecule has 25 heavy (non-hydrogen) atoms.